The highest BCUT2D eigenvalue weighted by Gasteiger charge is 2.44. The van der Waals surface area contributed by atoms with Gasteiger partial charge in [0.15, 0.2) is 0 Å². The molecule has 1 aliphatic rings. The smallest absolute Gasteiger partial charge is 0.338 e. The first-order valence-corrected chi connectivity index (χ1v) is 10.3. The Bertz CT molecular complexity index is 1080. The Hall–Kier alpha value is -3.86. The average molecular weight is 412 g/mol. The van der Waals surface area contributed by atoms with Crippen LogP contribution in [0.1, 0.15) is 24.1 Å². The van der Waals surface area contributed by atoms with E-state index >= 15 is 0 Å². The van der Waals surface area contributed by atoms with Gasteiger partial charge in [-0.15, -0.1) is 0 Å². The molecule has 3 aromatic carbocycles. The molecule has 3 aromatic rings. The number of rotatable bonds is 7. The van der Waals surface area contributed by atoms with Gasteiger partial charge in [0.1, 0.15) is 5.70 Å². The first-order chi connectivity index (χ1) is 15.2. The number of carbonyl (C=O) groups excluding carboxylic acids is 2. The van der Waals surface area contributed by atoms with E-state index in [9.17, 15) is 9.59 Å². The molecule has 0 spiro atoms. The largest absolute Gasteiger partial charge is 0.463 e. The topological polar surface area (TPSA) is 58.6 Å². The summed E-state index contributed by atoms with van der Waals surface area (Å²) in [5.41, 5.74) is 3.17. The predicted octanol–water partition coefficient (Wildman–Crippen LogP) is 4.70. The number of amides is 1. The van der Waals surface area contributed by atoms with Crippen molar-refractivity contribution in [2.24, 2.45) is 0 Å². The molecule has 1 N–H and O–H groups in total. The van der Waals surface area contributed by atoms with Gasteiger partial charge in [0.2, 0.25) is 0 Å². The molecule has 4 rings (SSSR count). The number of nitrogens with one attached hydrogen (secondary N) is 1. The molecule has 5 nitrogen and oxygen atoms in total. The SMILES string of the molecule is CCOC(=O)C1=C(Nc2ccccc2)C(=O)N(Cc2ccccc2)C1c1ccccc1. The second-order valence-corrected chi connectivity index (χ2v) is 7.23. The van der Waals surface area contributed by atoms with E-state index in [1.54, 1.807) is 11.8 Å². The molecule has 1 unspecified atom stereocenters. The molecule has 0 radical (unpaired) electrons. The molecule has 1 atom stereocenters. The highest BCUT2D eigenvalue weighted by molar-refractivity contribution is 6.09. The van der Waals surface area contributed by atoms with Crippen molar-refractivity contribution in [3.05, 3.63) is 113 Å². The third-order valence-electron chi connectivity index (χ3n) is 5.18. The molecule has 0 saturated carbocycles. The minimum Gasteiger partial charge on any atom is -0.463 e. The Labute approximate surface area is 182 Å². The Kier molecular flexibility index (Phi) is 6.13. The van der Waals surface area contributed by atoms with Gasteiger partial charge in [-0.2, -0.15) is 0 Å². The van der Waals surface area contributed by atoms with Crippen LogP contribution in [-0.2, 0) is 20.9 Å². The van der Waals surface area contributed by atoms with Crippen LogP contribution in [0.5, 0.6) is 0 Å². The molecule has 5 heteroatoms. The zero-order valence-corrected chi connectivity index (χ0v) is 17.3. The highest BCUT2D eigenvalue weighted by atomic mass is 16.5. The number of anilines is 1. The maximum atomic E-state index is 13.6. The lowest BCUT2D eigenvalue weighted by Crippen LogP contribution is -2.31. The fraction of sp³-hybridized carbons (Fsp3) is 0.154. The second kappa shape index (κ2) is 9.30. The number of esters is 1. The van der Waals surface area contributed by atoms with Gasteiger partial charge in [-0.25, -0.2) is 4.79 Å². The van der Waals surface area contributed by atoms with Crippen molar-refractivity contribution in [2.75, 3.05) is 11.9 Å². The number of hydrogen-bond donors (Lipinski definition) is 1. The summed E-state index contributed by atoms with van der Waals surface area (Å²) in [4.78, 5) is 28.4. The molecule has 0 fully saturated rings. The van der Waals surface area contributed by atoms with E-state index in [0.717, 1.165) is 16.8 Å². The van der Waals surface area contributed by atoms with Crippen LogP contribution < -0.4 is 5.32 Å². The van der Waals surface area contributed by atoms with Gasteiger partial charge in [-0.1, -0.05) is 78.9 Å². The summed E-state index contributed by atoms with van der Waals surface area (Å²) in [7, 11) is 0. The number of hydrogen-bond acceptors (Lipinski definition) is 4. The van der Waals surface area contributed by atoms with Gasteiger partial charge in [0.25, 0.3) is 5.91 Å². The van der Waals surface area contributed by atoms with Gasteiger partial charge in [0, 0.05) is 12.2 Å². The summed E-state index contributed by atoms with van der Waals surface area (Å²) >= 11 is 0. The molecule has 31 heavy (non-hydrogen) atoms. The van der Waals surface area contributed by atoms with Crippen LogP contribution in [0.2, 0.25) is 0 Å². The summed E-state index contributed by atoms with van der Waals surface area (Å²) in [5.74, 6) is -0.719. The Balaban J connectivity index is 1.82. The second-order valence-electron chi connectivity index (χ2n) is 7.23. The van der Waals surface area contributed by atoms with Crippen LogP contribution in [0.15, 0.2) is 102 Å². The van der Waals surface area contributed by atoms with E-state index in [2.05, 4.69) is 5.32 Å². The van der Waals surface area contributed by atoms with E-state index in [1.807, 2.05) is 91.0 Å². The molecule has 1 aliphatic heterocycles. The van der Waals surface area contributed by atoms with Gasteiger partial charge in [0.05, 0.1) is 18.2 Å². The van der Waals surface area contributed by atoms with E-state index in [-0.39, 0.29) is 18.2 Å². The lowest BCUT2D eigenvalue weighted by atomic mass is 9.98. The van der Waals surface area contributed by atoms with Gasteiger partial charge in [-0.3, -0.25) is 4.79 Å². The molecular formula is C26H24N2O3. The van der Waals surface area contributed by atoms with Crippen molar-refractivity contribution >= 4 is 17.6 Å². The average Bonchev–Trinajstić information content (AvgIpc) is 3.07. The van der Waals surface area contributed by atoms with Crippen LogP contribution in [0, 0.1) is 0 Å². The highest BCUT2D eigenvalue weighted by Crippen LogP contribution is 2.40. The maximum absolute atomic E-state index is 13.6. The summed E-state index contributed by atoms with van der Waals surface area (Å²) < 4.78 is 5.38. The zero-order chi connectivity index (χ0) is 21.6. The van der Waals surface area contributed by atoms with Crippen molar-refractivity contribution in [1.29, 1.82) is 0 Å². The number of para-hydroxylation sites is 1. The van der Waals surface area contributed by atoms with Crippen molar-refractivity contribution in [2.45, 2.75) is 19.5 Å². The lowest BCUT2D eigenvalue weighted by Gasteiger charge is -2.27. The Morgan fingerprint density at radius 2 is 1.48 bits per heavy atom. The molecule has 1 amide bonds. The van der Waals surface area contributed by atoms with Crippen molar-refractivity contribution in [3.8, 4) is 0 Å². The molecule has 0 aromatic heterocycles. The van der Waals surface area contributed by atoms with Crippen LogP contribution in [0.4, 0.5) is 5.69 Å². The number of carbonyl (C=O) groups is 2. The Morgan fingerprint density at radius 3 is 2.10 bits per heavy atom. The number of benzene rings is 3. The van der Waals surface area contributed by atoms with Gasteiger partial charge < -0.3 is 15.0 Å². The summed E-state index contributed by atoms with van der Waals surface area (Å²) in [6, 6.07) is 28.2. The Morgan fingerprint density at radius 1 is 0.903 bits per heavy atom. The van der Waals surface area contributed by atoms with E-state index in [4.69, 9.17) is 4.74 Å². The minimum absolute atomic E-state index is 0.231. The van der Waals surface area contributed by atoms with Crippen LogP contribution >= 0.6 is 0 Å². The van der Waals surface area contributed by atoms with Crippen molar-refractivity contribution in [3.63, 3.8) is 0 Å². The quantitative estimate of drug-likeness (QED) is 0.572. The first kappa shape index (κ1) is 20.4. The maximum Gasteiger partial charge on any atom is 0.338 e. The summed E-state index contributed by atoms with van der Waals surface area (Å²) in [5, 5.41) is 3.18. The first-order valence-electron chi connectivity index (χ1n) is 10.3. The van der Waals surface area contributed by atoms with Crippen molar-refractivity contribution < 1.29 is 14.3 Å². The normalized spacial score (nSPS) is 15.8. The van der Waals surface area contributed by atoms with Gasteiger partial charge in [-0.05, 0) is 30.2 Å². The third-order valence-corrected chi connectivity index (χ3v) is 5.18. The van der Waals surface area contributed by atoms with E-state index in [1.165, 1.54) is 0 Å². The minimum atomic E-state index is -0.542. The van der Waals surface area contributed by atoms with E-state index in [0.29, 0.717) is 12.1 Å². The lowest BCUT2D eigenvalue weighted by molar-refractivity contribution is -0.139. The van der Waals surface area contributed by atoms with Crippen molar-refractivity contribution in [1.82, 2.24) is 4.90 Å². The van der Waals surface area contributed by atoms with Crippen LogP contribution in [0.25, 0.3) is 0 Å². The molecule has 1 heterocycles. The van der Waals surface area contributed by atoms with Crippen LogP contribution in [0.3, 0.4) is 0 Å². The van der Waals surface area contributed by atoms with Gasteiger partial charge >= 0.3 is 5.97 Å². The predicted molar refractivity (Wildman–Crippen MR) is 120 cm³/mol. The monoisotopic (exact) mass is 412 g/mol. The molecule has 0 saturated heterocycles. The summed E-state index contributed by atoms with van der Waals surface area (Å²) in [6.45, 7) is 2.37. The fourth-order valence-electron chi connectivity index (χ4n) is 3.80. The van der Waals surface area contributed by atoms with E-state index < -0.39 is 12.0 Å². The molecule has 0 bridgehead atoms. The third kappa shape index (κ3) is 4.36. The fourth-order valence-corrected chi connectivity index (χ4v) is 3.80. The zero-order valence-electron chi connectivity index (χ0n) is 17.3. The number of ether oxygens (including phenoxy) is 1. The standard InChI is InChI=1S/C26H24N2O3/c1-2-31-26(30)22-23(27-21-16-10-5-11-17-21)25(29)28(18-19-12-6-3-7-13-19)24(22)20-14-8-4-9-15-20/h3-17,24,27H,2,18H2,1H3. The van der Waals surface area contributed by atoms with Crippen LogP contribution in [-0.4, -0.2) is 23.4 Å². The molecule has 156 valence electrons. The summed E-state index contributed by atoms with van der Waals surface area (Å²) in [6.07, 6.45) is 0. The molecule has 0 aliphatic carbocycles. The number of nitrogens with zero attached hydrogens (tertiary/aromatic N) is 1. The molecular weight excluding hydrogens is 388 g/mol.